The summed E-state index contributed by atoms with van der Waals surface area (Å²) in [6, 6.07) is 11.2. The summed E-state index contributed by atoms with van der Waals surface area (Å²) in [5.41, 5.74) is 1.75. The lowest BCUT2D eigenvalue weighted by Gasteiger charge is -2.28. The quantitative estimate of drug-likeness (QED) is 0.688. The van der Waals surface area contributed by atoms with Gasteiger partial charge in [0.1, 0.15) is 11.4 Å². The number of nitrogens with zero attached hydrogens (tertiary/aromatic N) is 1. The Balaban J connectivity index is 1.80. The summed E-state index contributed by atoms with van der Waals surface area (Å²) >= 11 is 3.30. The van der Waals surface area contributed by atoms with Crippen molar-refractivity contribution in [2.75, 3.05) is 12.3 Å². The highest BCUT2D eigenvalue weighted by Gasteiger charge is 2.42. The van der Waals surface area contributed by atoms with Crippen molar-refractivity contribution in [1.82, 2.24) is 10.2 Å². The number of rotatable bonds is 7. The van der Waals surface area contributed by atoms with E-state index in [9.17, 15) is 9.59 Å². The van der Waals surface area contributed by atoms with E-state index in [0.717, 1.165) is 29.7 Å². The fraction of sp³-hybridized carbons (Fsp3) is 0.429. The Bertz CT molecular complexity index is 759. The van der Waals surface area contributed by atoms with Crippen LogP contribution in [0.5, 0.6) is 0 Å². The van der Waals surface area contributed by atoms with E-state index in [1.165, 1.54) is 0 Å². The molecule has 2 atom stereocenters. The normalized spacial score (nSPS) is 19.3. The van der Waals surface area contributed by atoms with E-state index in [2.05, 4.69) is 12.2 Å². The Kier molecular flexibility index (Phi) is 6.96. The number of unbranched alkanes of at least 4 members (excludes halogenated alkanes) is 2. The van der Waals surface area contributed by atoms with Crippen LogP contribution in [-0.4, -0.2) is 35.1 Å². The highest BCUT2D eigenvalue weighted by atomic mass is 32.2. The predicted molar refractivity (Wildman–Crippen MR) is 113 cm³/mol. The summed E-state index contributed by atoms with van der Waals surface area (Å²) in [6.07, 6.45) is 3.19. The zero-order valence-electron chi connectivity index (χ0n) is 15.8. The lowest BCUT2D eigenvalue weighted by Crippen LogP contribution is -2.48. The van der Waals surface area contributed by atoms with E-state index in [1.54, 1.807) is 28.0 Å². The van der Waals surface area contributed by atoms with Crippen molar-refractivity contribution in [2.24, 2.45) is 0 Å². The van der Waals surface area contributed by atoms with E-state index in [0.29, 0.717) is 17.9 Å². The number of aryl methyl sites for hydroxylation is 1. The molecule has 0 spiro atoms. The number of benzene rings is 1. The highest BCUT2D eigenvalue weighted by molar-refractivity contribution is 7.99. The molecular weight excluding hydrogens is 376 g/mol. The maximum atomic E-state index is 13.3. The van der Waals surface area contributed by atoms with E-state index >= 15 is 0 Å². The van der Waals surface area contributed by atoms with Crippen molar-refractivity contribution in [1.29, 1.82) is 0 Å². The first-order chi connectivity index (χ1) is 13.1. The van der Waals surface area contributed by atoms with Gasteiger partial charge < -0.3 is 10.2 Å². The third-order valence-electron chi connectivity index (χ3n) is 4.70. The molecule has 0 bridgehead atoms. The van der Waals surface area contributed by atoms with E-state index in [-0.39, 0.29) is 17.2 Å². The number of carbonyl (C=O) groups is 2. The van der Waals surface area contributed by atoms with Gasteiger partial charge in [-0.25, -0.2) is 0 Å². The average Bonchev–Trinajstić information content (AvgIpc) is 3.34. The summed E-state index contributed by atoms with van der Waals surface area (Å²) in [5, 5.41) is 4.94. The number of carbonyl (C=O) groups excluding carboxylic acids is 2. The second-order valence-electron chi connectivity index (χ2n) is 6.79. The van der Waals surface area contributed by atoms with Crippen molar-refractivity contribution in [3.8, 4) is 0 Å². The Morgan fingerprint density at radius 2 is 1.96 bits per heavy atom. The van der Waals surface area contributed by atoms with Crippen LogP contribution in [-0.2, 0) is 4.79 Å². The van der Waals surface area contributed by atoms with Gasteiger partial charge in [-0.1, -0.05) is 43.5 Å². The molecule has 1 aliphatic heterocycles. The Hall–Kier alpha value is -1.79. The Morgan fingerprint density at radius 1 is 1.19 bits per heavy atom. The summed E-state index contributed by atoms with van der Waals surface area (Å²) in [6.45, 7) is 4.81. The zero-order valence-corrected chi connectivity index (χ0v) is 17.4. The minimum atomic E-state index is -0.433. The molecule has 1 aromatic carbocycles. The van der Waals surface area contributed by atoms with Crippen LogP contribution >= 0.6 is 23.1 Å². The average molecular weight is 403 g/mol. The maximum Gasteiger partial charge on any atom is 0.255 e. The first-order valence-electron chi connectivity index (χ1n) is 9.44. The molecular formula is C21H26N2O2S2. The van der Waals surface area contributed by atoms with Gasteiger partial charge in [0.15, 0.2) is 0 Å². The van der Waals surface area contributed by atoms with Crippen LogP contribution in [0.4, 0.5) is 0 Å². The molecule has 6 heteroatoms. The van der Waals surface area contributed by atoms with Crippen LogP contribution in [0.1, 0.15) is 52.4 Å². The van der Waals surface area contributed by atoms with Gasteiger partial charge >= 0.3 is 0 Å². The molecule has 0 saturated carbocycles. The number of hydrogen-bond donors (Lipinski definition) is 1. The second-order valence-corrected chi connectivity index (χ2v) is 8.89. The van der Waals surface area contributed by atoms with Gasteiger partial charge in [0.05, 0.1) is 0 Å². The molecule has 144 valence electrons. The SMILES string of the molecule is CCCCCNC(=O)C1CSC(c2cccs2)N1C(=O)c1ccc(C)cc1. The molecule has 2 unspecified atom stereocenters. The number of thiophene rings is 1. The minimum Gasteiger partial charge on any atom is -0.354 e. The Labute approximate surface area is 169 Å². The van der Waals surface area contributed by atoms with Gasteiger partial charge in [-0.3, -0.25) is 9.59 Å². The number of amides is 2. The third-order valence-corrected chi connectivity index (χ3v) is 7.08. The van der Waals surface area contributed by atoms with Crippen LogP contribution in [0.25, 0.3) is 0 Å². The lowest BCUT2D eigenvalue weighted by atomic mass is 10.1. The van der Waals surface area contributed by atoms with E-state index < -0.39 is 6.04 Å². The molecule has 2 aromatic rings. The molecule has 2 amide bonds. The maximum absolute atomic E-state index is 13.3. The lowest BCUT2D eigenvalue weighted by molar-refractivity contribution is -0.124. The number of thioether (sulfide) groups is 1. The summed E-state index contributed by atoms with van der Waals surface area (Å²) in [4.78, 5) is 29.0. The standard InChI is InChI=1S/C21H26N2O2S2/c1-3-4-5-12-22-19(24)17-14-27-21(18-7-6-13-26-18)23(17)20(25)16-10-8-15(2)9-11-16/h6-11,13,17,21H,3-5,12,14H2,1-2H3,(H,22,24). The Morgan fingerprint density at radius 3 is 2.63 bits per heavy atom. The van der Waals surface area contributed by atoms with Gasteiger partial charge in [0.2, 0.25) is 5.91 Å². The molecule has 1 aromatic heterocycles. The molecule has 1 saturated heterocycles. The molecule has 3 rings (SSSR count). The zero-order chi connectivity index (χ0) is 19.2. The molecule has 0 radical (unpaired) electrons. The molecule has 0 aliphatic carbocycles. The van der Waals surface area contributed by atoms with Crippen LogP contribution in [0.2, 0.25) is 0 Å². The summed E-state index contributed by atoms with van der Waals surface area (Å²) in [7, 11) is 0. The summed E-state index contributed by atoms with van der Waals surface area (Å²) in [5.74, 6) is 0.505. The van der Waals surface area contributed by atoms with Gasteiger partial charge in [0, 0.05) is 22.7 Å². The van der Waals surface area contributed by atoms with Crippen LogP contribution in [0.3, 0.4) is 0 Å². The minimum absolute atomic E-state index is 0.0434. The van der Waals surface area contributed by atoms with Crippen molar-refractivity contribution in [3.05, 3.63) is 57.8 Å². The monoisotopic (exact) mass is 402 g/mol. The smallest absolute Gasteiger partial charge is 0.255 e. The van der Waals surface area contributed by atoms with Crippen molar-refractivity contribution in [3.63, 3.8) is 0 Å². The molecule has 1 aliphatic rings. The molecule has 2 heterocycles. The van der Waals surface area contributed by atoms with E-state index in [4.69, 9.17) is 0 Å². The van der Waals surface area contributed by atoms with Crippen LogP contribution in [0.15, 0.2) is 41.8 Å². The van der Waals surface area contributed by atoms with Gasteiger partial charge in [0.25, 0.3) is 5.91 Å². The number of nitrogens with one attached hydrogen (secondary N) is 1. The van der Waals surface area contributed by atoms with Gasteiger partial charge in [-0.05, 0) is 36.9 Å². The molecule has 1 fully saturated rings. The van der Waals surface area contributed by atoms with Gasteiger partial charge in [-0.15, -0.1) is 23.1 Å². The van der Waals surface area contributed by atoms with Gasteiger partial charge in [-0.2, -0.15) is 0 Å². The molecule has 4 nitrogen and oxygen atoms in total. The van der Waals surface area contributed by atoms with Crippen LogP contribution < -0.4 is 5.32 Å². The number of hydrogen-bond acceptors (Lipinski definition) is 4. The van der Waals surface area contributed by atoms with Crippen molar-refractivity contribution < 1.29 is 9.59 Å². The fourth-order valence-electron chi connectivity index (χ4n) is 3.16. The second kappa shape index (κ2) is 9.42. The fourth-order valence-corrected chi connectivity index (χ4v) is 5.55. The largest absolute Gasteiger partial charge is 0.354 e. The van der Waals surface area contributed by atoms with Crippen LogP contribution in [0, 0.1) is 6.92 Å². The summed E-state index contributed by atoms with van der Waals surface area (Å²) < 4.78 is 0. The van der Waals surface area contributed by atoms with Crippen molar-refractivity contribution in [2.45, 2.75) is 44.5 Å². The third kappa shape index (κ3) is 4.74. The predicted octanol–water partition coefficient (Wildman–Crippen LogP) is 4.62. The molecule has 1 N–H and O–H groups in total. The first kappa shape index (κ1) is 20.0. The van der Waals surface area contributed by atoms with Crippen molar-refractivity contribution >= 4 is 34.9 Å². The highest BCUT2D eigenvalue weighted by Crippen LogP contribution is 2.43. The van der Waals surface area contributed by atoms with E-state index in [1.807, 2.05) is 48.7 Å². The first-order valence-corrected chi connectivity index (χ1v) is 11.4. The topological polar surface area (TPSA) is 49.4 Å². The molecule has 27 heavy (non-hydrogen) atoms.